The zero-order valence-corrected chi connectivity index (χ0v) is 12.2. The van der Waals surface area contributed by atoms with Crippen molar-refractivity contribution in [3.63, 3.8) is 0 Å². The van der Waals surface area contributed by atoms with E-state index in [1.807, 2.05) is 11.3 Å². The van der Waals surface area contributed by atoms with Crippen molar-refractivity contribution in [1.29, 1.82) is 0 Å². The monoisotopic (exact) mass is 254 g/mol. The molecule has 0 atom stereocenters. The fourth-order valence-electron chi connectivity index (χ4n) is 1.96. The molecule has 1 aromatic rings. The fourth-order valence-corrected chi connectivity index (χ4v) is 2.93. The van der Waals surface area contributed by atoms with E-state index in [-0.39, 0.29) is 11.4 Å². The van der Waals surface area contributed by atoms with Crippen molar-refractivity contribution < 1.29 is 9.53 Å². The molecule has 0 N–H and O–H groups in total. The molecule has 0 bridgehead atoms. The summed E-state index contributed by atoms with van der Waals surface area (Å²) in [4.78, 5) is 14.1. The third-order valence-electron chi connectivity index (χ3n) is 3.07. The highest BCUT2D eigenvalue weighted by Crippen LogP contribution is 2.30. The Morgan fingerprint density at radius 3 is 2.53 bits per heavy atom. The molecule has 0 saturated heterocycles. The summed E-state index contributed by atoms with van der Waals surface area (Å²) < 4.78 is 4.73. The lowest BCUT2D eigenvalue weighted by Gasteiger charge is -2.22. The SMILES string of the molecule is COC(=O)CC(C)(C)CCc1cc(C)sc1C. The van der Waals surface area contributed by atoms with Gasteiger partial charge in [0.1, 0.15) is 0 Å². The number of carbonyl (C=O) groups excluding carboxylic acids is 1. The Labute approximate surface area is 108 Å². The van der Waals surface area contributed by atoms with Crippen LogP contribution in [0.5, 0.6) is 0 Å². The number of thiophene rings is 1. The summed E-state index contributed by atoms with van der Waals surface area (Å²) in [6.07, 6.45) is 2.55. The van der Waals surface area contributed by atoms with Gasteiger partial charge in [0.15, 0.2) is 0 Å². The van der Waals surface area contributed by atoms with Crippen molar-refractivity contribution in [3.05, 3.63) is 21.4 Å². The summed E-state index contributed by atoms with van der Waals surface area (Å²) in [5.74, 6) is -0.117. The van der Waals surface area contributed by atoms with Gasteiger partial charge < -0.3 is 4.74 Å². The van der Waals surface area contributed by atoms with Crippen LogP contribution in [0.25, 0.3) is 0 Å². The van der Waals surface area contributed by atoms with Crippen molar-refractivity contribution >= 4 is 17.3 Å². The summed E-state index contributed by atoms with van der Waals surface area (Å²) in [6.45, 7) is 8.55. The average Bonchev–Trinajstić information content (AvgIpc) is 2.54. The first-order valence-corrected chi connectivity index (χ1v) is 6.78. The number of ether oxygens (including phenoxy) is 1. The first-order chi connectivity index (χ1) is 7.84. The quantitative estimate of drug-likeness (QED) is 0.745. The van der Waals surface area contributed by atoms with Gasteiger partial charge in [0.05, 0.1) is 13.5 Å². The molecule has 1 rings (SSSR count). The van der Waals surface area contributed by atoms with Crippen LogP contribution >= 0.6 is 11.3 Å². The zero-order chi connectivity index (χ0) is 13.1. The summed E-state index contributed by atoms with van der Waals surface area (Å²) in [5.41, 5.74) is 1.43. The molecule has 3 heteroatoms. The fraction of sp³-hybridized carbons (Fsp3) is 0.643. The van der Waals surface area contributed by atoms with Gasteiger partial charge in [0.2, 0.25) is 0 Å². The van der Waals surface area contributed by atoms with Crippen molar-refractivity contribution in [2.45, 2.75) is 47.0 Å². The molecule has 0 spiro atoms. The molecule has 0 saturated carbocycles. The lowest BCUT2D eigenvalue weighted by Crippen LogP contribution is -2.18. The first kappa shape index (κ1) is 14.2. The number of carbonyl (C=O) groups is 1. The number of hydrogen-bond acceptors (Lipinski definition) is 3. The average molecular weight is 254 g/mol. The Morgan fingerprint density at radius 1 is 1.41 bits per heavy atom. The summed E-state index contributed by atoms with van der Waals surface area (Å²) in [7, 11) is 1.45. The van der Waals surface area contributed by atoms with Gasteiger partial charge in [-0.05, 0) is 43.7 Å². The van der Waals surface area contributed by atoms with Crippen molar-refractivity contribution in [1.82, 2.24) is 0 Å². The molecule has 0 amide bonds. The molecule has 1 aromatic heterocycles. The van der Waals surface area contributed by atoms with Crippen LogP contribution in [0.3, 0.4) is 0 Å². The second kappa shape index (κ2) is 5.67. The molecule has 0 unspecified atom stereocenters. The van der Waals surface area contributed by atoms with E-state index in [1.165, 1.54) is 22.4 Å². The Hall–Kier alpha value is -0.830. The van der Waals surface area contributed by atoms with Crippen molar-refractivity contribution in [3.8, 4) is 0 Å². The van der Waals surface area contributed by atoms with Gasteiger partial charge in [-0.2, -0.15) is 0 Å². The lowest BCUT2D eigenvalue weighted by molar-refractivity contribution is -0.143. The second-order valence-electron chi connectivity index (χ2n) is 5.36. The summed E-state index contributed by atoms with van der Waals surface area (Å²) in [6, 6.07) is 2.26. The Morgan fingerprint density at radius 2 is 2.06 bits per heavy atom. The van der Waals surface area contributed by atoms with Gasteiger partial charge >= 0.3 is 5.97 Å². The predicted molar refractivity (Wildman–Crippen MR) is 72.5 cm³/mol. The Balaban J connectivity index is 2.54. The van der Waals surface area contributed by atoms with Crippen LogP contribution in [0, 0.1) is 19.3 Å². The highest BCUT2D eigenvalue weighted by Gasteiger charge is 2.22. The van der Waals surface area contributed by atoms with Crippen molar-refractivity contribution in [2.75, 3.05) is 7.11 Å². The number of esters is 1. The lowest BCUT2D eigenvalue weighted by atomic mass is 9.83. The van der Waals surface area contributed by atoms with Gasteiger partial charge in [0, 0.05) is 9.75 Å². The van der Waals surface area contributed by atoms with Crippen LogP contribution in [-0.4, -0.2) is 13.1 Å². The van der Waals surface area contributed by atoms with Crippen LogP contribution in [-0.2, 0) is 16.0 Å². The maximum atomic E-state index is 11.3. The van der Waals surface area contributed by atoms with Gasteiger partial charge in [-0.1, -0.05) is 13.8 Å². The third kappa shape index (κ3) is 4.50. The molecule has 0 aliphatic heterocycles. The molecule has 0 radical (unpaired) electrons. The van der Waals surface area contributed by atoms with Gasteiger partial charge in [-0.3, -0.25) is 4.79 Å². The number of aryl methyl sites for hydroxylation is 3. The van der Waals surface area contributed by atoms with Gasteiger partial charge in [-0.25, -0.2) is 0 Å². The van der Waals surface area contributed by atoms with E-state index < -0.39 is 0 Å². The zero-order valence-electron chi connectivity index (χ0n) is 11.4. The minimum absolute atomic E-state index is 0.00930. The third-order valence-corrected chi connectivity index (χ3v) is 4.07. The van der Waals surface area contributed by atoms with E-state index in [4.69, 9.17) is 4.74 Å². The summed E-state index contributed by atoms with van der Waals surface area (Å²) in [5, 5.41) is 0. The molecule has 1 heterocycles. The van der Waals surface area contributed by atoms with E-state index >= 15 is 0 Å². The highest BCUT2D eigenvalue weighted by molar-refractivity contribution is 7.12. The van der Waals surface area contributed by atoms with Crippen LogP contribution < -0.4 is 0 Å². The van der Waals surface area contributed by atoms with Crippen LogP contribution in [0.2, 0.25) is 0 Å². The van der Waals surface area contributed by atoms with E-state index in [1.54, 1.807) is 0 Å². The normalized spacial score (nSPS) is 11.6. The molecule has 17 heavy (non-hydrogen) atoms. The van der Waals surface area contributed by atoms with E-state index in [2.05, 4.69) is 33.8 Å². The number of hydrogen-bond donors (Lipinski definition) is 0. The largest absolute Gasteiger partial charge is 0.469 e. The van der Waals surface area contributed by atoms with E-state index in [0.29, 0.717) is 6.42 Å². The Bertz CT molecular complexity index is 391. The number of rotatable bonds is 5. The minimum Gasteiger partial charge on any atom is -0.469 e. The summed E-state index contributed by atoms with van der Waals surface area (Å²) >= 11 is 1.85. The first-order valence-electron chi connectivity index (χ1n) is 5.97. The van der Waals surface area contributed by atoms with E-state index in [0.717, 1.165) is 12.8 Å². The topological polar surface area (TPSA) is 26.3 Å². The van der Waals surface area contributed by atoms with Crippen LogP contribution in [0.15, 0.2) is 6.07 Å². The van der Waals surface area contributed by atoms with Crippen LogP contribution in [0.4, 0.5) is 0 Å². The molecule has 0 aromatic carbocycles. The molecular formula is C14H22O2S. The van der Waals surface area contributed by atoms with Crippen molar-refractivity contribution in [2.24, 2.45) is 5.41 Å². The van der Waals surface area contributed by atoms with Crippen LogP contribution in [0.1, 0.15) is 42.0 Å². The highest BCUT2D eigenvalue weighted by atomic mass is 32.1. The maximum absolute atomic E-state index is 11.3. The second-order valence-corrected chi connectivity index (χ2v) is 6.82. The molecule has 96 valence electrons. The maximum Gasteiger partial charge on any atom is 0.306 e. The smallest absolute Gasteiger partial charge is 0.306 e. The molecule has 0 fully saturated rings. The molecule has 0 aliphatic carbocycles. The predicted octanol–water partition coefficient (Wildman–Crippen LogP) is 3.89. The standard InChI is InChI=1S/C14H22O2S/c1-10-8-12(11(2)17-10)6-7-14(3,4)9-13(15)16-5/h8H,6-7,9H2,1-5H3. The molecular weight excluding hydrogens is 232 g/mol. The molecule has 2 nitrogen and oxygen atoms in total. The minimum atomic E-state index is -0.117. The van der Waals surface area contributed by atoms with Gasteiger partial charge in [-0.15, -0.1) is 11.3 Å². The number of methoxy groups -OCH3 is 1. The van der Waals surface area contributed by atoms with E-state index in [9.17, 15) is 4.79 Å². The molecule has 0 aliphatic rings. The van der Waals surface area contributed by atoms with Gasteiger partial charge in [0.25, 0.3) is 0 Å². The Kier molecular flexibility index (Phi) is 4.75.